The van der Waals surface area contributed by atoms with Gasteiger partial charge in [0, 0.05) is 32.6 Å². The molecule has 19 heavy (non-hydrogen) atoms. The monoisotopic (exact) mass is 420 g/mol. The Kier molecular flexibility index (Phi) is 13.7. The number of hydrogen-bond donors (Lipinski definition) is 1. The van der Waals surface area contributed by atoms with E-state index in [-0.39, 0.29) is 0 Å². The van der Waals surface area contributed by atoms with Crippen LogP contribution in [0.15, 0.2) is 0 Å². The van der Waals surface area contributed by atoms with Crippen molar-refractivity contribution in [1.29, 1.82) is 0 Å². The molecule has 0 saturated carbocycles. The van der Waals surface area contributed by atoms with Gasteiger partial charge >= 0.3 is 8.80 Å². The zero-order valence-electron chi connectivity index (χ0n) is 12.5. The molecule has 0 radical (unpaired) electrons. The van der Waals surface area contributed by atoms with Crippen LogP contribution in [-0.4, -0.2) is 39.8 Å². The Bertz CT molecular complexity index is 198. The second-order valence-corrected chi connectivity index (χ2v) is 9.63. The molecule has 116 valence electrons. The standard InChI is InChI=1S/C13H29IO3SSi/c1-15-19(16-2,17-3)12-8-6-10-13(18)9-5-4-7-11-14/h13,18H,4-12H2,1-3H3. The van der Waals surface area contributed by atoms with Crippen molar-refractivity contribution in [2.24, 2.45) is 0 Å². The van der Waals surface area contributed by atoms with Crippen molar-refractivity contribution < 1.29 is 13.3 Å². The lowest BCUT2D eigenvalue weighted by Crippen LogP contribution is -2.42. The Morgan fingerprint density at radius 3 is 1.89 bits per heavy atom. The fourth-order valence-electron chi connectivity index (χ4n) is 2.07. The van der Waals surface area contributed by atoms with E-state index in [1.807, 2.05) is 0 Å². The third-order valence-corrected chi connectivity index (χ3v) is 7.49. The van der Waals surface area contributed by atoms with Gasteiger partial charge in [-0.05, 0) is 30.1 Å². The van der Waals surface area contributed by atoms with E-state index in [0.29, 0.717) is 5.25 Å². The lowest BCUT2D eigenvalue weighted by molar-refractivity contribution is 0.122. The van der Waals surface area contributed by atoms with E-state index in [1.54, 1.807) is 21.3 Å². The number of thiol groups is 1. The number of alkyl halides is 1. The molecule has 0 aliphatic heterocycles. The summed E-state index contributed by atoms with van der Waals surface area (Å²) in [6, 6.07) is 0.895. The number of rotatable bonds is 13. The Labute approximate surface area is 139 Å². The smallest absolute Gasteiger partial charge is 0.377 e. The first-order valence-electron chi connectivity index (χ1n) is 7.03. The van der Waals surface area contributed by atoms with Crippen LogP contribution < -0.4 is 0 Å². The minimum atomic E-state index is -2.35. The van der Waals surface area contributed by atoms with E-state index in [9.17, 15) is 0 Å². The van der Waals surface area contributed by atoms with E-state index in [1.165, 1.54) is 43.0 Å². The van der Waals surface area contributed by atoms with Crippen LogP contribution >= 0.6 is 35.2 Å². The van der Waals surface area contributed by atoms with E-state index < -0.39 is 8.80 Å². The molecule has 0 aliphatic carbocycles. The van der Waals surface area contributed by atoms with Gasteiger partial charge in [-0.1, -0.05) is 41.9 Å². The lowest BCUT2D eigenvalue weighted by atomic mass is 10.1. The minimum Gasteiger partial charge on any atom is -0.377 e. The highest BCUT2D eigenvalue weighted by Crippen LogP contribution is 2.20. The first-order valence-corrected chi connectivity index (χ1v) is 11.0. The van der Waals surface area contributed by atoms with E-state index in [2.05, 4.69) is 35.2 Å². The van der Waals surface area contributed by atoms with Gasteiger partial charge in [-0.15, -0.1) is 0 Å². The molecule has 0 bridgehead atoms. The zero-order valence-corrected chi connectivity index (χ0v) is 16.5. The Morgan fingerprint density at radius 1 is 0.895 bits per heavy atom. The van der Waals surface area contributed by atoms with Crippen LogP contribution in [0.25, 0.3) is 0 Å². The normalized spacial score (nSPS) is 13.7. The van der Waals surface area contributed by atoms with Crippen LogP contribution in [-0.2, 0) is 13.3 Å². The topological polar surface area (TPSA) is 27.7 Å². The molecule has 0 aromatic rings. The van der Waals surface area contributed by atoms with Crippen molar-refractivity contribution in [2.75, 3.05) is 25.8 Å². The predicted octanol–water partition coefficient (Wildman–Crippen LogP) is 4.33. The summed E-state index contributed by atoms with van der Waals surface area (Å²) in [7, 11) is 2.67. The highest BCUT2D eigenvalue weighted by atomic mass is 127. The van der Waals surface area contributed by atoms with Gasteiger partial charge in [-0.3, -0.25) is 0 Å². The van der Waals surface area contributed by atoms with Gasteiger partial charge in [-0.2, -0.15) is 12.6 Å². The summed E-state index contributed by atoms with van der Waals surface area (Å²) in [6.45, 7) is 0. The molecule has 0 heterocycles. The van der Waals surface area contributed by atoms with Crippen molar-refractivity contribution in [3.8, 4) is 0 Å². The number of halogens is 1. The van der Waals surface area contributed by atoms with E-state index in [4.69, 9.17) is 13.3 Å². The Hall–Kier alpha value is 1.18. The van der Waals surface area contributed by atoms with Gasteiger partial charge in [0.05, 0.1) is 0 Å². The highest BCUT2D eigenvalue weighted by Gasteiger charge is 2.36. The lowest BCUT2D eigenvalue weighted by Gasteiger charge is -2.24. The van der Waals surface area contributed by atoms with Crippen molar-refractivity contribution >= 4 is 44.0 Å². The van der Waals surface area contributed by atoms with Crippen molar-refractivity contribution in [3.05, 3.63) is 0 Å². The van der Waals surface area contributed by atoms with E-state index in [0.717, 1.165) is 12.5 Å². The first kappa shape index (κ1) is 20.2. The summed E-state index contributed by atoms with van der Waals surface area (Å²) in [4.78, 5) is 0. The summed E-state index contributed by atoms with van der Waals surface area (Å²) < 4.78 is 17.5. The minimum absolute atomic E-state index is 0.540. The summed E-state index contributed by atoms with van der Waals surface area (Å²) in [6.07, 6.45) is 8.66. The van der Waals surface area contributed by atoms with Crippen LogP contribution in [0.4, 0.5) is 0 Å². The maximum atomic E-state index is 5.41. The third kappa shape index (κ3) is 9.68. The molecule has 3 nitrogen and oxygen atoms in total. The maximum Gasteiger partial charge on any atom is 0.500 e. The van der Waals surface area contributed by atoms with Crippen molar-refractivity contribution in [2.45, 2.75) is 56.2 Å². The molecule has 1 atom stereocenters. The molecule has 0 spiro atoms. The summed E-state index contributed by atoms with van der Waals surface area (Å²) in [5, 5.41) is 0.540. The van der Waals surface area contributed by atoms with Gasteiger partial charge in [0.15, 0.2) is 0 Å². The molecule has 0 aliphatic rings. The first-order chi connectivity index (χ1) is 9.14. The van der Waals surface area contributed by atoms with Crippen LogP contribution in [0, 0.1) is 0 Å². The van der Waals surface area contributed by atoms with Gasteiger partial charge in [0.1, 0.15) is 0 Å². The second kappa shape index (κ2) is 12.9. The molecule has 1 unspecified atom stereocenters. The third-order valence-electron chi connectivity index (χ3n) is 3.37. The predicted molar refractivity (Wildman–Crippen MR) is 95.6 cm³/mol. The average Bonchev–Trinajstić information content (AvgIpc) is 2.45. The molecule has 0 saturated heterocycles. The van der Waals surface area contributed by atoms with Crippen LogP contribution in [0.3, 0.4) is 0 Å². The quantitative estimate of drug-likeness (QED) is 0.158. The summed E-state index contributed by atoms with van der Waals surface area (Å²) >= 11 is 7.10. The van der Waals surface area contributed by atoms with Gasteiger partial charge in [0.2, 0.25) is 0 Å². The number of hydrogen-bond acceptors (Lipinski definition) is 4. The Morgan fingerprint density at radius 2 is 1.42 bits per heavy atom. The molecular formula is C13H29IO3SSi. The SMILES string of the molecule is CO[Si](CCCCC(S)CCCCCI)(OC)OC. The highest BCUT2D eigenvalue weighted by molar-refractivity contribution is 14.1. The molecule has 0 aromatic carbocycles. The van der Waals surface area contributed by atoms with E-state index >= 15 is 0 Å². The molecular weight excluding hydrogens is 391 g/mol. The van der Waals surface area contributed by atoms with Gasteiger partial charge in [-0.25, -0.2) is 0 Å². The molecule has 0 rings (SSSR count). The Balaban J connectivity index is 3.61. The van der Waals surface area contributed by atoms with Crippen LogP contribution in [0.2, 0.25) is 6.04 Å². The number of unbranched alkanes of at least 4 members (excludes halogenated alkanes) is 3. The van der Waals surface area contributed by atoms with Crippen molar-refractivity contribution in [3.63, 3.8) is 0 Å². The largest absolute Gasteiger partial charge is 0.500 e. The fourth-order valence-corrected chi connectivity index (χ4v) is 4.77. The van der Waals surface area contributed by atoms with Crippen LogP contribution in [0.5, 0.6) is 0 Å². The zero-order chi connectivity index (χ0) is 14.6. The molecule has 0 N–H and O–H groups in total. The molecule has 0 aromatic heterocycles. The van der Waals surface area contributed by atoms with Crippen molar-refractivity contribution in [1.82, 2.24) is 0 Å². The molecule has 6 heteroatoms. The second-order valence-electron chi connectivity index (χ2n) is 4.73. The molecule has 0 fully saturated rings. The van der Waals surface area contributed by atoms with Crippen LogP contribution in [0.1, 0.15) is 44.9 Å². The fraction of sp³-hybridized carbons (Fsp3) is 1.00. The summed E-state index contributed by atoms with van der Waals surface area (Å²) in [5.41, 5.74) is 0. The van der Waals surface area contributed by atoms with Gasteiger partial charge < -0.3 is 13.3 Å². The van der Waals surface area contributed by atoms with Gasteiger partial charge in [0.25, 0.3) is 0 Å². The maximum absolute atomic E-state index is 5.41. The molecule has 0 amide bonds. The average molecular weight is 420 g/mol. The summed E-state index contributed by atoms with van der Waals surface area (Å²) in [5.74, 6) is 0.